The third-order valence-electron chi connectivity index (χ3n) is 7.07. The fraction of sp³-hybridized carbons (Fsp3) is 0.500. The highest BCUT2D eigenvalue weighted by Crippen LogP contribution is 2.49. The zero-order valence-electron chi connectivity index (χ0n) is 18.5. The first-order valence-electron chi connectivity index (χ1n) is 11.7. The van der Waals surface area contributed by atoms with Crippen molar-refractivity contribution in [2.24, 2.45) is 0 Å². The number of amides is 1. The topological polar surface area (TPSA) is 56.8 Å². The summed E-state index contributed by atoms with van der Waals surface area (Å²) in [6.45, 7) is 0. The maximum Gasteiger partial charge on any atom is 0.225 e. The minimum Gasteiger partial charge on any atom is -0.493 e. The Labute approximate surface area is 194 Å². The average Bonchev–Trinajstić information content (AvgIpc) is 3.27. The van der Waals surface area contributed by atoms with Gasteiger partial charge < -0.3 is 19.5 Å². The third-order valence-corrected chi connectivity index (χ3v) is 7.30. The molecule has 1 N–H and O–H groups in total. The average molecular weight is 456 g/mol. The molecule has 6 heteroatoms. The number of fused-ring (bicyclic) bond motifs is 1. The zero-order valence-corrected chi connectivity index (χ0v) is 19.2. The molecular weight excluding hydrogens is 426 g/mol. The van der Waals surface area contributed by atoms with E-state index < -0.39 is 0 Å². The Morgan fingerprint density at radius 1 is 1.19 bits per heavy atom. The smallest absolute Gasteiger partial charge is 0.225 e. The van der Waals surface area contributed by atoms with E-state index in [9.17, 15) is 4.79 Å². The van der Waals surface area contributed by atoms with Gasteiger partial charge in [-0.3, -0.25) is 4.79 Å². The summed E-state index contributed by atoms with van der Waals surface area (Å²) in [7, 11) is 1.64. The molecule has 170 valence electrons. The zero-order chi connectivity index (χ0) is 22.1. The van der Waals surface area contributed by atoms with Crippen LogP contribution in [0.15, 0.2) is 36.4 Å². The molecule has 0 radical (unpaired) electrons. The van der Waals surface area contributed by atoms with E-state index in [0.717, 1.165) is 55.4 Å². The molecule has 1 spiro atoms. The van der Waals surface area contributed by atoms with Crippen LogP contribution in [0.25, 0.3) is 0 Å². The number of carbonyl (C=O) groups excluding carboxylic acids is 1. The highest BCUT2D eigenvalue weighted by molar-refractivity contribution is 6.30. The summed E-state index contributed by atoms with van der Waals surface area (Å²) in [4.78, 5) is 13.2. The number of methoxy groups -OCH3 is 1. The first-order chi connectivity index (χ1) is 15.5. The summed E-state index contributed by atoms with van der Waals surface area (Å²) in [6, 6.07) is 11.3. The van der Waals surface area contributed by atoms with Gasteiger partial charge in [0.2, 0.25) is 5.91 Å². The van der Waals surface area contributed by atoms with Crippen LogP contribution >= 0.6 is 11.6 Å². The van der Waals surface area contributed by atoms with E-state index in [1.807, 2.05) is 36.4 Å². The van der Waals surface area contributed by atoms with E-state index in [-0.39, 0.29) is 30.1 Å². The Kier molecular flexibility index (Phi) is 5.93. The molecule has 2 aromatic rings. The van der Waals surface area contributed by atoms with Gasteiger partial charge in [-0.2, -0.15) is 0 Å². The molecule has 1 aliphatic heterocycles. The SMILES string of the molecule is COc1cccc(CC(=O)NC2CC3(CCC3)Oc3ccc(Cl)cc32)c1OC1CCCC1. The quantitative estimate of drug-likeness (QED) is 0.600. The number of carbonyl (C=O) groups is 1. The fourth-order valence-electron chi connectivity index (χ4n) is 5.23. The van der Waals surface area contributed by atoms with Crippen LogP contribution in [0.1, 0.15) is 68.5 Å². The standard InChI is InChI=1S/C26H30ClNO4/c1-30-23-9-4-6-17(25(23)31-19-7-2-3-8-19)14-24(29)28-21-16-26(12-5-13-26)32-22-11-10-18(27)15-20(21)22/h4,6,9-11,15,19,21H,2-3,5,7-8,12-14,16H2,1H3,(H,28,29). The van der Waals surface area contributed by atoms with Crippen LogP contribution in [0.4, 0.5) is 0 Å². The van der Waals surface area contributed by atoms with Crippen LogP contribution in [-0.4, -0.2) is 24.7 Å². The van der Waals surface area contributed by atoms with Crippen LogP contribution < -0.4 is 19.5 Å². The Bertz CT molecular complexity index is 997. The molecule has 1 amide bonds. The minimum absolute atomic E-state index is 0.0400. The lowest BCUT2D eigenvalue weighted by Gasteiger charge is -2.48. The number of para-hydroxylation sites is 1. The lowest BCUT2D eigenvalue weighted by Crippen LogP contribution is -2.49. The van der Waals surface area contributed by atoms with Crippen molar-refractivity contribution in [3.63, 3.8) is 0 Å². The Morgan fingerprint density at radius 2 is 2.00 bits per heavy atom. The second-order valence-corrected chi connectivity index (χ2v) is 9.73. The van der Waals surface area contributed by atoms with Crippen molar-refractivity contribution in [3.8, 4) is 17.2 Å². The number of benzene rings is 2. The molecular formula is C26H30ClNO4. The van der Waals surface area contributed by atoms with Gasteiger partial charge in [0.05, 0.1) is 25.7 Å². The van der Waals surface area contributed by atoms with Gasteiger partial charge in [-0.25, -0.2) is 0 Å². The molecule has 2 saturated carbocycles. The normalized spacial score (nSPS) is 21.4. The third kappa shape index (κ3) is 4.27. The van der Waals surface area contributed by atoms with Crippen molar-refractivity contribution in [2.45, 2.75) is 75.5 Å². The molecule has 2 aliphatic carbocycles. The number of nitrogens with one attached hydrogen (secondary N) is 1. The molecule has 5 nitrogen and oxygen atoms in total. The van der Waals surface area contributed by atoms with E-state index in [4.69, 9.17) is 25.8 Å². The Morgan fingerprint density at radius 3 is 2.72 bits per heavy atom. The molecule has 1 atom stereocenters. The second kappa shape index (κ2) is 8.86. The van der Waals surface area contributed by atoms with Crippen molar-refractivity contribution in [1.82, 2.24) is 5.32 Å². The van der Waals surface area contributed by atoms with Gasteiger partial charge in [-0.05, 0) is 69.2 Å². The summed E-state index contributed by atoms with van der Waals surface area (Å²) in [5.74, 6) is 2.17. The molecule has 0 bridgehead atoms. The van der Waals surface area contributed by atoms with Gasteiger partial charge in [0.15, 0.2) is 11.5 Å². The highest BCUT2D eigenvalue weighted by atomic mass is 35.5. The number of hydrogen-bond acceptors (Lipinski definition) is 4. The number of ether oxygens (including phenoxy) is 3. The van der Waals surface area contributed by atoms with E-state index in [0.29, 0.717) is 16.5 Å². The summed E-state index contributed by atoms with van der Waals surface area (Å²) >= 11 is 6.26. The predicted molar refractivity (Wildman–Crippen MR) is 124 cm³/mol. The first-order valence-corrected chi connectivity index (χ1v) is 12.0. The monoisotopic (exact) mass is 455 g/mol. The van der Waals surface area contributed by atoms with E-state index >= 15 is 0 Å². The summed E-state index contributed by atoms with van der Waals surface area (Å²) in [5, 5.41) is 3.91. The molecule has 0 aromatic heterocycles. The second-order valence-electron chi connectivity index (χ2n) is 9.29. The van der Waals surface area contributed by atoms with Crippen LogP contribution in [0.5, 0.6) is 17.2 Å². The van der Waals surface area contributed by atoms with Gasteiger partial charge in [0.1, 0.15) is 11.4 Å². The van der Waals surface area contributed by atoms with Crippen molar-refractivity contribution >= 4 is 17.5 Å². The lowest BCUT2D eigenvalue weighted by molar-refractivity contribution is -0.122. The van der Waals surface area contributed by atoms with Crippen molar-refractivity contribution in [2.75, 3.05) is 7.11 Å². The van der Waals surface area contributed by atoms with Gasteiger partial charge in [-0.15, -0.1) is 0 Å². The summed E-state index contributed by atoms with van der Waals surface area (Å²) in [5.41, 5.74) is 1.65. The number of hydrogen-bond donors (Lipinski definition) is 1. The van der Waals surface area contributed by atoms with Gasteiger partial charge in [0.25, 0.3) is 0 Å². The van der Waals surface area contributed by atoms with Gasteiger partial charge >= 0.3 is 0 Å². The Hall–Kier alpha value is -2.40. The maximum absolute atomic E-state index is 13.2. The lowest BCUT2D eigenvalue weighted by atomic mass is 9.73. The van der Waals surface area contributed by atoms with E-state index in [2.05, 4.69) is 5.32 Å². The molecule has 1 unspecified atom stereocenters. The molecule has 5 rings (SSSR count). The fourth-order valence-corrected chi connectivity index (χ4v) is 5.41. The van der Waals surface area contributed by atoms with E-state index in [1.54, 1.807) is 7.11 Å². The van der Waals surface area contributed by atoms with Crippen molar-refractivity contribution in [3.05, 3.63) is 52.5 Å². The molecule has 1 heterocycles. The van der Waals surface area contributed by atoms with E-state index in [1.165, 1.54) is 12.8 Å². The van der Waals surface area contributed by atoms with Gasteiger partial charge in [-0.1, -0.05) is 23.7 Å². The highest BCUT2D eigenvalue weighted by Gasteiger charge is 2.46. The van der Waals surface area contributed by atoms with Crippen LogP contribution in [0.2, 0.25) is 5.02 Å². The number of rotatable bonds is 6. The molecule has 0 saturated heterocycles. The minimum atomic E-state index is -0.161. The maximum atomic E-state index is 13.2. The Balaban J connectivity index is 1.35. The molecule has 32 heavy (non-hydrogen) atoms. The molecule has 2 aromatic carbocycles. The largest absolute Gasteiger partial charge is 0.493 e. The van der Waals surface area contributed by atoms with Crippen LogP contribution in [0, 0.1) is 0 Å². The van der Waals surface area contributed by atoms with Crippen LogP contribution in [-0.2, 0) is 11.2 Å². The summed E-state index contributed by atoms with van der Waals surface area (Å²) < 4.78 is 18.2. The van der Waals surface area contributed by atoms with Gasteiger partial charge in [0, 0.05) is 22.6 Å². The summed E-state index contributed by atoms with van der Waals surface area (Å²) in [6.07, 6.45) is 8.87. The van der Waals surface area contributed by atoms with Crippen molar-refractivity contribution < 1.29 is 19.0 Å². The number of halogens is 1. The first kappa shape index (κ1) is 21.4. The molecule has 2 fully saturated rings. The molecule has 3 aliphatic rings. The predicted octanol–water partition coefficient (Wildman–Crippen LogP) is 5.78. The van der Waals surface area contributed by atoms with Crippen molar-refractivity contribution in [1.29, 1.82) is 0 Å². The van der Waals surface area contributed by atoms with Crippen LogP contribution in [0.3, 0.4) is 0 Å².